The maximum Gasteiger partial charge on any atom is 0.191 e. The molecule has 0 aliphatic carbocycles. The number of guanidine groups is 1. The molecular weight excluding hydrogens is 310 g/mol. The van der Waals surface area contributed by atoms with Gasteiger partial charge in [0, 0.05) is 50.5 Å². The summed E-state index contributed by atoms with van der Waals surface area (Å²) in [5.74, 6) is 1.59. The number of nitrogens with one attached hydrogen (secondary N) is 3. The quantitative estimate of drug-likeness (QED) is 0.385. The van der Waals surface area contributed by atoms with E-state index in [1.807, 2.05) is 6.07 Å². The van der Waals surface area contributed by atoms with Gasteiger partial charge in [0.15, 0.2) is 5.96 Å². The predicted octanol–water partition coefficient (Wildman–Crippen LogP) is 2.77. The molecule has 5 heteroatoms. The Kier molecular flexibility index (Phi) is 8.06. The lowest BCUT2D eigenvalue weighted by Gasteiger charge is -2.22. The van der Waals surface area contributed by atoms with E-state index in [0.717, 1.165) is 45.1 Å². The van der Waals surface area contributed by atoms with Crippen LogP contribution in [0.5, 0.6) is 0 Å². The summed E-state index contributed by atoms with van der Waals surface area (Å²) in [6, 6.07) is 11.4. The summed E-state index contributed by atoms with van der Waals surface area (Å²) in [6.07, 6.45) is 1.02. The number of aliphatic imine (C=N–C) groups is 1. The highest BCUT2D eigenvalue weighted by atomic mass is 15.3. The lowest BCUT2D eigenvalue weighted by atomic mass is 10.1. The van der Waals surface area contributed by atoms with E-state index in [-0.39, 0.29) is 0 Å². The predicted molar refractivity (Wildman–Crippen MR) is 108 cm³/mol. The summed E-state index contributed by atoms with van der Waals surface area (Å²) in [7, 11) is 0. The second-order valence-electron chi connectivity index (χ2n) is 7.18. The first-order valence-corrected chi connectivity index (χ1v) is 9.68. The zero-order chi connectivity index (χ0) is 18.1. The molecule has 0 bridgehead atoms. The van der Waals surface area contributed by atoms with Gasteiger partial charge in [-0.15, -0.1) is 0 Å². The zero-order valence-electron chi connectivity index (χ0n) is 16.3. The van der Waals surface area contributed by atoms with Gasteiger partial charge in [0.1, 0.15) is 0 Å². The number of para-hydroxylation sites is 1. The smallest absolute Gasteiger partial charge is 0.191 e. The third kappa shape index (κ3) is 6.58. The first-order valence-electron chi connectivity index (χ1n) is 9.68. The first kappa shape index (κ1) is 19.6. The molecular formula is C20H35N5. The van der Waals surface area contributed by atoms with Gasteiger partial charge in [-0.2, -0.15) is 0 Å². The normalized spacial score (nSPS) is 21.6. The highest BCUT2D eigenvalue weighted by Crippen LogP contribution is 2.18. The third-order valence-corrected chi connectivity index (χ3v) is 4.74. The molecule has 0 spiro atoms. The molecule has 1 saturated heterocycles. The number of hydrogen-bond acceptors (Lipinski definition) is 3. The highest BCUT2D eigenvalue weighted by molar-refractivity contribution is 5.80. The first-order chi connectivity index (χ1) is 12.1. The van der Waals surface area contributed by atoms with Crippen LogP contribution in [0.15, 0.2) is 35.3 Å². The standard InChI is InChI=1S/C20H35N5/c1-5-21-20(24-19-15-25(16(2)3)14-17(19)4)23-13-9-12-22-18-10-7-6-8-11-18/h6-8,10-11,16-17,19,22H,5,9,12-15H2,1-4H3,(H2,21,23,24). The van der Waals surface area contributed by atoms with Crippen LogP contribution in [0.2, 0.25) is 0 Å². The largest absolute Gasteiger partial charge is 0.385 e. The van der Waals surface area contributed by atoms with Crippen molar-refractivity contribution in [1.82, 2.24) is 15.5 Å². The van der Waals surface area contributed by atoms with Crippen LogP contribution in [-0.4, -0.2) is 55.7 Å². The summed E-state index contributed by atoms with van der Waals surface area (Å²) in [5.41, 5.74) is 1.17. The van der Waals surface area contributed by atoms with Crippen molar-refractivity contribution in [3.8, 4) is 0 Å². The number of nitrogens with zero attached hydrogens (tertiary/aromatic N) is 2. The number of likely N-dealkylation sites (tertiary alicyclic amines) is 1. The van der Waals surface area contributed by atoms with Crippen LogP contribution in [-0.2, 0) is 0 Å². The SMILES string of the molecule is CCNC(=NCCCNc1ccccc1)NC1CN(C(C)C)CC1C. The van der Waals surface area contributed by atoms with Crippen LogP contribution < -0.4 is 16.0 Å². The lowest BCUT2D eigenvalue weighted by molar-refractivity contribution is 0.265. The summed E-state index contributed by atoms with van der Waals surface area (Å²) < 4.78 is 0. The Morgan fingerprint density at radius 3 is 2.64 bits per heavy atom. The maximum atomic E-state index is 4.75. The van der Waals surface area contributed by atoms with Crippen molar-refractivity contribution in [2.45, 2.75) is 46.2 Å². The van der Waals surface area contributed by atoms with Gasteiger partial charge in [-0.25, -0.2) is 0 Å². The van der Waals surface area contributed by atoms with Crippen molar-refractivity contribution in [2.24, 2.45) is 10.9 Å². The molecule has 25 heavy (non-hydrogen) atoms. The van der Waals surface area contributed by atoms with Gasteiger partial charge in [0.2, 0.25) is 0 Å². The molecule has 3 N–H and O–H groups in total. The van der Waals surface area contributed by atoms with Crippen LogP contribution in [0.4, 0.5) is 5.69 Å². The Labute approximate surface area is 153 Å². The Morgan fingerprint density at radius 2 is 2.00 bits per heavy atom. The van der Waals surface area contributed by atoms with E-state index in [0.29, 0.717) is 18.0 Å². The van der Waals surface area contributed by atoms with E-state index >= 15 is 0 Å². The molecule has 1 aliphatic heterocycles. The lowest BCUT2D eigenvalue weighted by Crippen LogP contribution is -2.46. The topological polar surface area (TPSA) is 51.7 Å². The Balaban J connectivity index is 1.76. The van der Waals surface area contributed by atoms with Crippen molar-refractivity contribution in [2.75, 3.05) is 38.0 Å². The molecule has 1 fully saturated rings. The molecule has 1 aromatic rings. The minimum Gasteiger partial charge on any atom is -0.385 e. The van der Waals surface area contributed by atoms with E-state index < -0.39 is 0 Å². The van der Waals surface area contributed by atoms with Crippen LogP contribution in [0.25, 0.3) is 0 Å². The molecule has 1 heterocycles. The van der Waals surface area contributed by atoms with E-state index in [1.54, 1.807) is 0 Å². The Hall–Kier alpha value is -1.75. The van der Waals surface area contributed by atoms with Crippen LogP contribution in [0.3, 0.4) is 0 Å². The minimum atomic E-state index is 0.475. The highest BCUT2D eigenvalue weighted by Gasteiger charge is 2.31. The summed E-state index contributed by atoms with van der Waals surface area (Å²) in [4.78, 5) is 7.29. The molecule has 0 saturated carbocycles. The second kappa shape index (κ2) is 10.3. The third-order valence-electron chi connectivity index (χ3n) is 4.74. The molecule has 2 unspecified atom stereocenters. The average Bonchev–Trinajstić information content (AvgIpc) is 2.97. The molecule has 0 aromatic heterocycles. The summed E-state index contributed by atoms with van der Waals surface area (Å²) in [5, 5.41) is 10.5. The summed E-state index contributed by atoms with van der Waals surface area (Å²) >= 11 is 0. The Bertz CT molecular complexity index is 514. The number of rotatable bonds is 8. The van der Waals surface area contributed by atoms with Gasteiger partial charge in [0.05, 0.1) is 0 Å². The number of benzene rings is 1. The van der Waals surface area contributed by atoms with E-state index in [1.165, 1.54) is 5.69 Å². The van der Waals surface area contributed by atoms with Gasteiger partial charge < -0.3 is 16.0 Å². The molecule has 5 nitrogen and oxygen atoms in total. The summed E-state index contributed by atoms with van der Waals surface area (Å²) in [6.45, 7) is 13.9. The molecule has 140 valence electrons. The molecule has 2 atom stereocenters. The minimum absolute atomic E-state index is 0.475. The van der Waals surface area contributed by atoms with Gasteiger partial charge in [-0.05, 0) is 45.2 Å². The van der Waals surface area contributed by atoms with Gasteiger partial charge >= 0.3 is 0 Å². The zero-order valence-corrected chi connectivity index (χ0v) is 16.3. The average molecular weight is 346 g/mol. The van der Waals surface area contributed by atoms with Gasteiger partial charge in [-0.1, -0.05) is 25.1 Å². The molecule has 2 rings (SSSR count). The van der Waals surface area contributed by atoms with Crippen molar-refractivity contribution in [3.63, 3.8) is 0 Å². The number of anilines is 1. The monoisotopic (exact) mass is 345 g/mol. The van der Waals surface area contributed by atoms with Gasteiger partial charge in [0.25, 0.3) is 0 Å². The van der Waals surface area contributed by atoms with Crippen molar-refractivity contribution in [1.29, 1.82) is 0 Å². The second-order valence-corrected chi connectivity index (χ2v) is 7.18. The molecule has 0 radical (unpaired) electrons. The van der Waals surface area contributed by atoms with E-state index in [4.69, 9.17) is 4.99 Å². The van der Waals surface area contributed by atoms with Crippen LogP contribution >= 0.6 is 0 Å². The van der Waals surface area contributed by atoms with Crippen molar-refractivity contribution >= 4 is 11.6 Å². The van der Waals surface area contributed by atoms with Crippen molar-refractivity contribution in [3.05, 3.63) is 30.3 Å². The van der Waals surface area contributed by atoms with Gasteiger partial charge in [-0.3, -0.25) is 9.89 Å². The van der Waals surface area contributed by atoms with Crippen molar-refractivity contribution < 1.29 is 0 Å². The fourth-order valence-electron chi connectivity index (χ4n) is 3.17. The maximum absolute atomic E-state index is 4.75. The fraction of sp³-hybridized carbons (Fsp3) is 0.650. The van der Waals surface area contributed by atoms with E-state index in [2.05, 4.69) is 72.8 Å². The number of hydrogen-bond donors (Lipinski definition) is 3. The van der Waals surface area contributed by atoms with E-state index in [9.17, 15) is 0 Å². The fourth-order valence-corrected chi connectivity index (χ4v) is 3.17. The van der Waals surface area contributed by atoms with Crippen LogP contribution in [0.1, 0.15) is 34.1 Å². The van der Waals surface area contributed by atoms with Crippen LogP contribution in [0, 0.1) is 5.92 Å². The molecule has 0 amide bonds. The Morgan fingerprint density at radius 1 is 1.24 bits per heavy atom. The molecule has 1 aromatic carbocycles. The molecule has 1 aliphatic rings.